The quantitative estimate of drug-likeness (QED) is 0.191. The predicted octanol–water partition coefficient (Wildman–Crippen LogP) is -1.38. The van der Waals surface area contributed by atoms with Crippen LogP contribution in [0.15, 0.2) is 0 Å². The van der Waals surface area contributed by atoms with Gasteiger partial charge in [-0.1, -0.05) is 6.92 Å². The molecule has 2 amide bonds. The van der Waals surface area contributed by atoms with Gasteiger partial charge in [-0.25, -0.2) is 4.79 Å². The highest BCUT2D eigenvalue weighted by Gasteiger charge is 2.21. The molecule has 0 bridgehead atoms. The van der Waals surface area contributed by atoms with Crippen molar-refractivity contribution >= 4 is 29.5 Å². The first-order valence-corrected chi connectivity index (χ1v) is 9.03. The lowest BCUT2D eigenvalue weighted by Crippen LogP contribution is -2.47. The van der Waals surface area contributed by atoms with E-state index in [2.05, 4.69) is 10.6 Å². The molecule has 11 heteroatoms. The van der Waals surface area contributed by atoms with Crippen LogP contribution in [0.4, 0.5) is 0 Å². The van der Waals surface area contributed by atoms with Gasteiger partial charge in [0.15, 0.2) is 0 Å². The van der Waals surface area contributed by atoms with Gasteiger partial charge in [0.05, 0.1) is 13.2 Å². The number of aliphatic hydroxyl groups is 1. The molecule has 0 aromatic carbocycles. The largest absolute Gasteiger partial charge is 0.480 e. The van der Waals surface area contributed by atoms with Gasteiger partial charge in [-0.05, 0) is 25.7 Å². The number of carbonyl (C=O) groups excluding carboxylic acids is 3. The van der Waals surface area contributed by atoms with Crippen molar-refractivity contribution in [2.24, 2.45) is 11.7 Å². The zero-order chi connectivity index (χ0) is 21.7. The van der Waals surface area contributed by atoms with E-state index in [0.29, 0.717) is 19.3 Å². The van der Waals surface area contributed by atoms with E-state index in [4.69, 9.17) is 21.1 Å². The molecule has 0 fully saturated rings. The third-order valence-corrected chi connectivity index (χ3v) is 4.19. The van der Waals surface area contributed by atoms with Crippen LogP contribution in [0.3, 0.4) is 0 Å². The average molecular weight is 403 g/mol. The summed E-state index contributed by atoms with van der Waals surface area (Å²) in [5.74, 6) is -4.11. The number of aliphatic carboxylic acids is 2. The second kappa shape index (κ2) is 13.6. The van der Waals surface area contributed by atoms with Crippen LogP contribution in [0.2, 0.25) is 0 Å². The highest BCUT2D eigenvalue weighted by molar-refractivity contribution is 5.88. The number of Topliss-reactive ketones (excluding diaryl/α,β-unsaturated/α-hetero) is 1. The van der Waals surface area contributed by atoms with Crippen LogP contribution in [0.5, 0.6) is 0 Å². The molecule has 0 saturated heterocycles. The molecule has 0 aliphatic heterocycles. The van der Waals surface area contributed by atoms with E-state index in [0.717, 1.165) is 0 Å². The summed E-state index contributed by atoms with van der Waals surface area (Å²) in [5.41, 5.74) is 5.38. The first-order valence-electron chi connectivity index (χ1n) is 9.03. The Labute approximate surface area is 162 Å². The van der Waals surface area contributed by atoms with Crippen molar-refractivity contribution in [3.05, 3.63) is 0 Å². The zero-order valence-electron chi connectivity index (χ0n) is 15.8. The van der Waals surface area contributed by atoms with Crippen LogP contribution in [0.1, 0.15) is 45.4 Å². The minimum Gasteiger partial charge on any atom is -0.480 e. The van der Waals surface area contributed by atoms with E-state index in [-0.39, 0.29) is 31.0 Å². The van der Waals surface area contributed by atoms with Gasteiger partial charge in [0, 0.05) is 18.8 Å². The summed E-state index contributed by atoms with van der Waals surface area (Å²) in [4.78, 5) is 56.7. The van der Waals surface area contributed by atoms with E-state index in [9.17, 15) is 24.0 Å². The minimum atomic E-state index is -1.44. The number of hydrogen-bond acceptors (Lipinski definition) is 7. The van der Waals surface area contributed by atoms with Crippen molar-refractivity contribution in [1.29, 1.82) is 0 Å². The topological polar surface area (TPSA) is 196 Å². The Morgan fingerprint density at radius 1 is 0.964 bits per heavy atom. The first kappa shape index (κ1) is 25.5. The molecule has 28 heavy (non-hydrogen) atoms. The number of carbonyl (C=O) groups is 5. The number of ketones is 1. The summed E-state index contributed by atoms with van der Waals surface area (Å²) in [6.07, 6.45) is 1.61. The van der Waals surface area contributed by atoms with Gasteiger partial charge in [-0.3, -0.25) is 19.2 Å². The minimum absolute atomic E-state index is 0.0610. The number of nitrogens with one attached hydrogen (secondary N) is 2. The molecule has 0 aliphatic carbocycles. The van der Waals surface area contributed by atoms with Crippen LogP contribution in [0, 0.1) is 5.92 Å². The molecule has 11 nitrogen and oxygen atoms in total. The van der Waals surface area contributed by atoms with Gasteiger partial charge in [-0.2, -0.15) is 0 Å². The van der Waals surface area contributed by atoms with E-state index in [1.165, 1.54) is 0 Å². The summed E-state index contributed by atoms with van der Waals surface area (Å²) in [6.45, 7) is 0.634. The second-order valence-corrected chi connectivity index (χ2v) is 6.36. The fraction of sp³-hybridized carbons (Fsp3) is 0.706. The standard InChI is InChI=1S/C17H29N3O8/c1-2-10(13(22)7-6-11(18)16(25)26)4-3-5-14(23)19-8-15(24)20-12(9-21)17(27)28/h10-12,21H,2-9,18H2,1H3,(H,19,23)(H,20,24)(H,25,26)(H,27,28)/t10?,11-,12+/m0/s1. The number of hydrogen-bond donors (Lipinski definition) is 6. The Morgan fingerprint density at radius 2 is 1.61 bits per heavy atom. The fourth-order valence-corrected chi connectivity index (χ4v) is 2.43. The van der Waals surface area contributed by atoms with Gasteiger partial charge in [-0.15, -0.1) is 0 Å². The van der Waals surface area contributed by atoms with E-state index < -0.39 is 49.0 Å². The molecule has 0 radical (unpaired) electrons. The second-order valence-electron chi connectivity index (χ2n) is 6.36. The SMILES string of the molecule is CCC(CCCC(=O)NCC(=O)N[C@H](CO)C(=O)O)C(=O)CC[C@H](N)C(=O)O. The van der Waals surface area contributed by atoms with E-state index in [1.807, 2.05) is 6.92 Å². The first-order chi connectivity index (χ1) is 13.1. The fourth-order valence-electron chi connectivity index (χ4n) is 2.43. The lowest BCUT2D eigenvalue weighted by atomic mass is 9.91. The smallest absolute Gasteiger partial charge is 0.328 e. The molecular weight excluding hydrogens is 374 g/mol. The lowest BCUT2D eigenvalue weighted by Gasteiger charge is -2.15. The summed E-state index contributed by atoms with van der Waals surface area (Å²) >= 11 is 0. The Morgan fingerprint density at radius 3 is 2.11 bits per heavy atom. The molecule has 0 heterocycles. The van der Waals surface area contributed by atoms with E-state index in [1.54, 1.807) is 0 Å². The van der Waals surface area contributed by atoms with Crippen molar-refractivity contribution in [2.75, 3.05) is 13.2 Å². The van der Waals surface area contributed by atoms with Gasteiger partial charge in [0.2, 0.25) is 11.8 Å². The normalized spacial score (nSPS) is 13.8. The Hall–Kier alpha value is -2.53. The predicted molar refractivity (Wildman–Crippen MR) is 97.1 cm³/mol. The Balaban J connectivity index is 4.16. The van der Waals surface area contributed by atoms with Crippen LogP contribution in [0.25, 0.3) is 0 Å². The third kappa shape index (κ3) is 10.6. The van der Waals surface area contributed by atoms with Crippen LogP contribution in [-0.4, -0.2) is 70.1 Å². The van der Waals surface area contributed by atoms with Crippen molar-refractivity contribution < 1.29 is 39.3 Å². The maximum absolute atomic E-state index is 12.1. The monoisotopic (exact) mass is 403 g/mol. The molecule has 0 rings (SSSR count). The van der Waals surface area contributed by atoms with Gasteiger partial charge < -0.3 is 31.7 Å². The van der Waals surface area contributed by atoms with Gasteiger partial charge >= 0.3 is 11.9 Å². The molecule has 3 atom stereocenters. The molecule has 0 aromatic heterocycles. The Kier molecular flexibility index (Phi) is 12.4. The summed E-state index contributed by atoms with van der Waals surface area (Å²) in [6, 6.07) is -2.51. The molecule has 7 N–H and O–H groups in total. The number of carboxylic acid groups (broad SMARTS) is 2. The molecule has 0 aliphatic rings. The van der Waals surface area contributed by atoms with E-state index >= 15 is 0 Å². The lowest BCUT2D eigenvalue weighted by molar-refractivity contribution is -0.143. The van der Waals surface area contributed by atoms with Crippen LogP contribution >= 0.6 is 0 Å². The molecule has 0 aromatic rings. The third-order valence-electron chi connectivity index (χ3n) is 4.19. The maximum atomic E-state index is 12.1. The highest BCUT2D eigenvalue weighted by atomic mass is 16.4. The molecule has 160 valence electrons. The van der Waals surface area contributed by atoms with Crippen molar-refractivity contribution in [3.63, 3.8) is 0 Å². The molecule has 0 saturated carbocycles. The molecule has 1 unspecified atom stereocenters. The molecular formula is C17H29N3O8. The van der Waals surface area contributed by atoms with Crippen molar-refractivity contribution in [1.82, 2.24) is 10.6 Å². The number of carboxylic acids is 2. The Bertz CT molecular complexity index is 567. The van der Waals surface area contributed by atoms with Crippen LogP contribution < -0.4 is 16.4 Å². The summed E-state index contributed by atoms with van der Waals surface area (Å²) in [7, 11) is 0. The number of rotatable bonds is 15. The highest BCUT2D eigenvalue weighted by Crippen LogP contribution is 2.17. The maximum Gasteiger partial charge on any atom is 0.328 e. The average Bonchev–Trinajstić information content (AvgIpc) is 2.65. The van der Waals surface area contributed by atoms with Gasteiger partial charge in [0.25, 0.3) is 0 Å². The summed E-state index contributed by atoms with van der Waals surface area (Å²) in [5, 5.41) is 30.6. The van der Waals surface area contributed by atoms with Crippen molar-refractivity contribution in [3.8, 4) is 0 Å². The molecule has 0 spiro atoms. The van der Waals surface area contributed by atoms with Crippen LogP contribution in [-0.2, 0) is 24.0 Å². The van der Waals surface area contributed by atoms with Crippen molar-refractivity contribution in [2.45, 2.75) is 57.5 Å². The number of aliphatic hydroxyl groups excluding tert-OH is 1. The number of amides is 2. The summed E-state index contributed by atoms with van der Waals surface area (Å²) < 4.78 is 0. The zero-order valence-corrected chi connectivity index (χ0v) is 15.8. The number of nitrogens with two attached hydrogens (primary N) is 1. The van der Waals surface area contributed by atoms with Gasteiger partial charge in [0.1, 0.15) is 17.9 Å².